The van der Waals surface area contributed by atoms with Crippen molar-refractivity contribution in [2.75, 3.05) is 5.32 Å². The van der Waals surface area contributed by atoms with Crippen molar-refractivity contribution in [3.63, 3.8) is 0 Å². The third-order valence-electron chi connectivity index (χ3n) is 2.08. The van der Waals surface area contributed by atoms with Gasteiger partial charge in [0.2, 0.25) is 0 Å². The Morgan fingerprint density at radius 3 is 2.78 bits per heavy atom. The lowest BCUT2D eigenvalue weighted by molar-refractivity contribution is 0.102. The maximum atomic E-state index is 11.8. The molecule has 2 heterocycles. The Kier molecular flexibility index (Phi) is 3.29. The van der Waals surface area contributed by atoms with Gasteiger partial charge in [0.25, 0.3) is 11.5 Å². The maximum Gasteiger partial charge on any atom is 0.256 e. The van der Waals surface area contributed by atoms with Gasteiger partial charge < -0.3 is 10.4 Å². The highest BCUT2D eigenvalue weighted by Crippen LogP contribution is 2.12. The van der Waals surface area contributed by atoms with Gasteiger partial charge in [-0.05, 0) is 12.1 Å². The summed E-state index contributed by atoms with van der Waals surface area (Å²) >= 11 is 5.60. The number of nitrogens with one attached hydrogen (secondary N) is 2. The monoisotopic (exact) mass is 265 g/mol. The van der Waals surface area contributed by atoms with Crippen molar-refractivity contribution in [2.24, 2.45) is 0 Å². The van der Waals surface area contributed by atoms with E-state index >= 15 is 0 Å². The third kappa shape index (κ3) is 2.86. The van der Waals surface area contributed by atoms with Crippen LogP contribution in [-0.2, 0) is 0 Å². The van der Waals surface area contributed by atoms with Crippen LogP contribution in [-0.4, -0.2) is 21.0 Å². The van der Waals surface area contributed by atoms with Crippen LogP contribution in [0.5, 0.6) is 5.88 Å². The van der Waals surface area contributed by atoms with Crippen molar-refractivity contribution in [3.05, 3.63) is 51.5 Å². The first-order valence-electron chi connectivity index (χ1n) is 4.91. The van der Waals surface area contributed by atoms with E-state index < -0.39 is 11.5 Å². The van der Waals surface area contributed by atoms with Gasteiger partial charge in [-0.2, -0.15) is 0 Å². The van der Waals surface area contributed by atoms with Gasteiger partial charge in [0.1, 0.15) is 5.15 Å². The van der Waals surface area contributed by atoms with Crippen molar-refractivity contribution < 1.29 is 9.90 Å². The molecule has 6 nitrogen and oxygen atoms in total. The molecule has 7 heteroatoms. The molecule has 92 valence electrons. The second kappa shape index (κ2) is 4.89. The van der Waals surface area contributed by atoms with Crippen LogP contribution in [0.25, 0.3) is 0 Å². The van der Waals surface area contributed by atoms with Crippen molar-refractivity contribution in [1.29, 1.82) is 0 Å². The number of carbonyl (C=O) groups is 1. The van der Waals surface area contributed by atoms with E-state index in [0.29, 0.717) is 10.8 Å². The van der Waals surface area contributed by atoms with E-state index in [1.165, 1.54) is 12.3 Å². The molecule has 0 fully saturated rings. The third-order valence-corrected chi connectivity index (χ3v) is 2.30. The highest BCUT2D eigenvalue weighted by atomic mass is 35.5. The summed E-state index contributed by atoms with van der Waals surface area (Å²) in [6, 6.07) is 5.32. The number of H-pyrrole nitrogens is 1. The van der Waals surface area contributed by atoms with Crippen molar-refractivity contribution in [2.45, 2.75) is 0 Å². The molecule has 3 N–H and O–H groups in total. The molecule has 0 atom stereocenters. The standard InChI is InChI=1S/C11H8ClN3O3/c12-8-2-1-7(5-13-8)14-11(18)6-3-9(16)15-10(17)4-6/h1-5H,(H,14,18)(H2,15,16,17). The van der Waals surface area contributed by atoms with Crippen LogP contribution in [0.2, 0.25) is 5.15 Å². The highest BCUT2D eigenvalue weighted by molar-refractivity contribution is 6.29. The molecule has 18 heavy (non-hydrogen) atoms. The molecule has 0 aliphatic rings. The van der Waals surface area contributed by atoms with Crippen molar-refractivity contribution >= 4 is 23.2 Å². The first-order chi connectivity index (χ1) is 8.54. The van der Waals surface area contributed by atoms with Gasteiger partial charge in [0.15, 0.2) is 5.88 Å². The van der Waals surface area contributed by atoms with Gasteiger partial charge in [-0.25, -0.2) is 4.98 Å². The van der Waals surface area contributed by atoms with Crippen LogP contribution in [0.4, 0.5) is 5.69 Å². The minimum atomic E-state index is -0.561. The summed E-state index contributed by atoms with van der Waals surface area (Å²) in [5.74, 6) is -0.901. The summed E-state index contributed by atoms with van der Waals surface area (Å²) in [6.07, 6.45) is 1.38. The van der Waals surface area contributed by atoms with Gasteiger partial charge >= 0.3 is 0 Å². The largest absolute Gasteiger partial charge is 0.494 e. The molecule has 0 aromatic carbocycles. The Morgan fingerprint density at radius 2 is 2.17 bits per heavy atom. The van der Waals surface area contributed by atoms with Gasteiger partial charge in [-0.15, -0.1) is 0 Å². The lowest BCUT2D eigenvalue weighted by atomic mass is 10.2. The molecule has 0 aliphatic carbocycles. The van der Waals surface area contributed by atoms with E-state index in [4.69, 9.17) is 11.6 Å². The molecule has 0 bridgehead atoms. The van der Waals surface area contributed by atoms with Crippen LogP contribution >= 0.6 is 11.6 Å². The van der Waals surface area contributed by atoms with E-state index in [0.717, 1.165) is 12.1 Å². The fourth-order valence-electron chi connectivity index (χ4n) is 1.31. The predicted molar refractivity (Wildman–Crippen MR) is 65.9 cm³/mol. The van der Waals surface area contributed by atoms with Crippen molar-refractivity contribution in [3.8, 4) is 5.88 Å². The maximum absolute atomic E-state index is 11.8. The van der Waals surface area contributed by atoms with Gasteiger partial charge in [-0.1, -0.05) is 11.6 Å². The molecule has 0 aliphatic heterocycles. The number of halogens is 1. The van der Waals surface area contributed by atoms with Crippen LogP contribution in [0.3, 0.4) is 0 Å². The summed E-state index contributed by atoms with van der Waals surface area (Å²) in [6.45, 7) is 0. The molecule has 2 aromatic rings. The van der Waals surface area contributed by atoms with E-state index in [-0.39, 0.29) is 11.4 Å². The minimum Gasteiger partial charge on any atom is -0.494 e. The van der Waals surface area contributed by atoms with E-state index in [1.807, 2.05) is 0 Å². The SMILES string of the molecule is O=C(Nc1ccc(Cl)nc1)c1cc(O)[nH]c(=O)c1. The lowest BCUT2D eigenvalue weighted by Gasteiger charge is -2.04. The fraction of sp³-hybridized carbons (Fsp3) is 0. The van der Waals surface area contributed by atoms with E-state index in [1.54, 1.807) is 6.07 Å². The van der Waals surface area contributed by atoms with E-state index in [2.05, 4.69) is 15.3 Å². The highest BCUT2D eigenvalue weighted by Gasteiger charge is 2.08. The molecule has 0 radical (unpaired) electrons. The summed E-state index contributed by atoms with van der Waals surface area (Å²) in [5.41, 5.74) is -0.0789. The van der Waals surface area contributed by atoms with Crippen LogP contribution in [0, 0.1) is 0 Å². The number of anilines is 1. The molecule has 0 saturated carbocycles. The Hall–Kier alpha value is -2.34. The number of nitrogens with zero attached hydrogens (tertiary/aromatic N) is 1. The van der Waals surface area contributed by atoms with Crippen molar-refractivity contribution in [1.82, 2.24) is 9.97 Å². The van der Waals surface area contributed by atoms with Crippen LogP contribution < -0.4 is 10.9 Å². The Labute approximate surface area is 106 Å². The number of aromatic nitrogens is 2. The molecular formula is C11H8ClN3O3. The normalized spacial score (nSPS) is 10.1. The number of rotatable bonds is 2. The Balaban J connectivity index is 2.21. The van der Waals surface area contributed by atoms with Gasteiger partial charge in [-0.3, -0.25) is 14.6 Å². The number of hydrogen-bond donors (Lipinski definition) is 3. The number of pyridine rings is 2. The zero-order valence-electron chi connectivity index (χ0n) is 8.98. The molecule has 1 amide bonds. The quantitative estimate of drug-likeness (QED) is 0.715. The predicted octanol–water partition coefficient (Wildman–Crippen LogP) is 1.38. The van der Waals surface area contributed by atoms with E-state index in [9.17, 15) is 14.7 Å². The second-order valence-corrected chi connectivity index (χ2v) is 3.83. The zero-order valence-corrected chi connectivity index (χ0v) is 9.73. The molecule has 0 spiro atoms. The summed E-state index contributed by atoms with van der Waals surface area (Å²) in [5, 5.41) is 12.0. The van der Waals surface area contributed by atoms with Crippen LogP contribution in [0.1, 0.15) is 10.4 Å². The first kappa shape index (κ1) is 12.1. The summed E-state index contributed by atoms with van der Waals surface area (Å²) in [7, 11) is 0. The average molecular weight is 266 g/mol. The topological polar surface area (TPSA) is 95.1 Å². The Morgan fingerprint density at radius 1 is 1.39 bits per heavy atom. The zero-order chi connectivity index (χ0) is 13.1. The van der Waals surface area contributed by atoms with Crippen LogP contribution in [0.15, 0.2) is 35.3 Å². The number of aromatic hydroxyl groups is 1. The second-order valence-electron chi connectivity index (χ2n) is 3.44. The molecule has 0 saturated heterocycles. The number of amides is 1. The van der Waals surface area contributed by atoms with Gasteiger partial charge in [0, 0.05) is 12.1 Å². The molecular weight excluding hydrogens is 258 g/mol. The number of aromatic amines is 1. The fourth-order valence-corrected chi connectivity index (χ4v) is 1.42. The molecule has 2 aromatic heterocycles. The Bertz CT molecular complexity index is 637. The summed E-state index contributed by atoms with van der Waals surface area (Å²) < 4.78 is 0. The lowest BCUT2D eigenvalue weighted by Crippen LogP contribution is -2.15. The molecule has 2 rings (SSSR count). The number of hydrogen-bond acceptors (Lipinski definition) is 4. The smallest absolute Gasteiger partial charge is 0.256 e. The first-order valence-corrected chi connectivity index (χ1v) is 5.28. The molecule has 0 unspecified atom stereocenters. The summed E-state index contributed by atoms with van der Waals surface area (Å²) in [4.78, 5) is 28.8. The average Bonchev–Trinajstić information content (AvgIpc) is 2.31. The van der Waals surface area contributed by atoms with Gasteiger partial charge in [0.05, 0.1) is 17.4 Å². The number of carbonyl (C=O) groups excluding carboxylic acids is 1. The minimum absolute atomic E-state index is 0.0474.